The van der Waals surface area contributed by atoms with E-state index in [1.54, 1.807) is 48.5 Å². The maximum atomic E-state index is 13.5. The van der Waals surface area contributed by atoms with Gasteiger partial charge >= 0.3 is 11.8 Å². The summed E-state index contributed by atoms with van der Waals surface area (Å²) in [7, 11) is 0. The SMILES string of the molecule is O=C(COc1cccc(/C=N\NC(=O)C(=O)Nc2ccccc2F)c1)Nc1ccccc1Cl. The lowest BCUT2D eigenvalue weighted by Crippen LogP contribution is -2.32. The Kier molecular flexibility index (Phi) is 8.09. The number of para-hydroxylation sites is 2. The van der Waals surface area contributed by atoms with Crippen molar-refractivity contribution in [3.8, 4) is 5.75 Å². The monoisotopic (exact) mass is 468 g/mol. The van der Waals surface area contributed by atoms with Crippen LogP contribution in [-0.4, -0.2) is 30.5 Å². The largest absolute Gasteiger partial charge is 0.484 e. The van der Waals surface area contributed by atoms with Crippen LogP contribution in [0.1, 0.15) is 5.56 Å². The number of nitrogens with one attached hydrogen (secondary N) is 3. The molecule has 0 spiro atoms. The van der Waals surface area contributed by atoms with E-state index in [0.29, 0.717) is 22.0 Å². The highest BCUT2D eigenvalue weighted by atomic mass is 35.5. The van der Waals surface area contributed by atoms with Gasteiger partial charge in [0.05, 0.1) is 22.6 Å². The number of rotatable bonds is 7. The number of nitrogens with zero attached hydrogens (tertiary/aromatic N) is 1. The third kappa shape index (κ3) is 7.15. The van der Waals surface area contributed by atoms with Crippen LogP contribution in [0.15, 0.2) is 77.9 Å². The van der Waals surface area contributed by atoms with Gasteiger partial charge in [-0.2, -0.15) is 5.10 Å². The second-order valence-electron chi connectivity index (χ2n) is 6.52. The summed E-state index contributed by atoms with van der Waals surface area (Å²) in [4.78, 5) is 35.7. The van der Waals surface area contributed by atoms with Crippen molar-refractivity contribution in [2.24, 2.45) is 5.10 Å². The number of ether oxygens (including phenoxy) is 1. The zero-order valence-corrected chi connectivity index (χ0v) is 17.8. The van der Waals surface area contributed by atoms with Gasteiger partial charge in [0.25, 0.3) is 5.91 Å². The van der Waals surface area contributed by atoms with Gasteiger partial charge in [-0.15, -0.1) is 0 Å². The zero-order valence-electron chi connectivity index (χ0n) is 17.0. The van der Waals surface area contributed by atoms with Crippen molar-refractivity contribution < 1.29 is 23.5 Å². The van der Waals surface area contributed by atoms with Crippen LogP contribution in [0.2, 0.25) is 5.02 Å². The normalized spacial score (nSPS) is 10.5. The average molecular weight is 469 g/mol. The van der Waals surface area contributed by atoms with E-state index in [9.17, 15) is 18.8 Å². The first-order valence-corrected chi connectivity index (χ1v) is 9.96. The molecular weight excluding hydrogens is 451 g/mol. The molecule has 0 saturated heterocycles. The fourth-order valence-electron chi connectivity index (χ4n) is 2.54. The van der Waals surface area contributed by atoms with Crippen molar-refractivity contribution in [3.05, 3.63) is 89.2 Å². The lowest BCUT2D eigenvalue weighted by Gasteiger charge is -2.09. The molecule has 0 bridgehead atoms. The molecule has 0 heterocycles. The van der Waals surface area contributed by atoms with Crippen LogP contribution in [0, 0.1) is 5.82 Å². The Hall–Kier alpha value is -4.24. The summed E-state index contributed by atoms with van der Waals surface area (Å²) < 4.78 is 19.0. The van der Waals surface area contributed by atoms with Crippen LogP contribution in [0.3, 0.4) is 0 Å². The average Bonchev–Trinajstić information content (AvgIpc) is 2.81. The van der Waals surface area contributed by atoms with Gasteiger partial charge < -0.3 is 15.4 Å². The summed E-state index contributed by atoms with van der Waals surface area (Å²) in [5, 5.41) is 8.90. The van der Waals surface area contributed by atoms with Gasteiger partial charge in [-0.05, 0) is 42.0 Å². The summed E-state index contributed by atoms with van der Waals surface area (Å²) in [6, 6.07) is 18.8. The van der Waals surface area contributed by atoms with Crippen molar-refractivity contribution in [2.45, 2.75) is 0 Å². The minimum Gasteiger partial charge on any atom is -0.484 e. The maximum absolute atomic E-state index is 13.5. The topological polar surface area (TPSA) is 109 Å². The Morgan fingerprint density at radius 2 is 1.64 bits per heavy atom. The first-order valence-electron chi connectivity index (χ1n) is 9.58. The Labute approximate surface area is 193 Å². The van der Waals surface area contributed by atoms with Crippen molar-refractivity contribution in [2.75, 3.05) is 17.2 Å². The molecule has 0 atom stereocenters. The van der Waals surface area contributed by atoms with E-state index in [2.05, 4.69) is 21.2 Å². The molecule has 3 aromatic rings. The molecule has 3 N–H and O–H groups in total. The Balaban J connectivity index is 1.49. The molecular formula is C23H18ClFN4O4. The minimum atomic E-state index is -1.07. The number of anilines is 2. The molecule has 3 aromatic carbocycles. The quantitative estimate of drug-likeness (QED) is 0.280. The van der Waals surface area contributed by atoms with E-state index in [1.165, 1.54) is 24.4 Å². The molecule has 10 heteroatoms. The van der Waals surface area contributed by atoms with Crippen molar-refractivity contribution in [3.63, 3.8) is 0 Å². The number of benzene rings is 3. The molecule has 0 unspecified atom stereocenters. The van der Waals surface area contributed by atoms with Gasteiger partial charge in [0, 0.05) is 0 Å². The van der Waals surface area contributed by atoms with Gasteiger partial charge in [-0.25, -0.2) is 9.82 Å². The molecule has 0 aromatic heterocycles. The van der Waals surface area contributed by atoms with E-state index < -0.39 is 23.5 Å². The smallest absolute Gasteiger partial charge is 0.329 e. The number of halogens is 2. The molecule has 168 valence electrons. The first kappa shape index (κ1) is 23.4. The molecule has 33 heavy (non-hydrogen) atoms. The van der Waals surface area contributed by atoms with Gasteiger partial charge in [0.2, 0.25) is 0 Å². The van der Waals surface area contributed by atoms with Crippen molar-refractivity contribution in [1.82, 2.24) is 5.43 Å². The molecule has 0 saturated carbocycles. The predicted molar refractivity (Wildman–Crippen MR) is 123 cm³/mol. The highest BCUT2D eigenvalue weighted by Gasteiger charge is 2.14. The summed E-state index contributed by atoms with van der Waals surface area (Å²) in [6.45, 7) is -0.251. The lowest BCUT2D eigenvalue weighted by molar-refractivity contribution is -0.136. The van der Waals surface area contributed by atoms with Crippen LogP contribution in [0.5, 0.6) is 5.75 Å². The summed E-state index contributed by atoms with van der Waals surface area (Å²) in [6.07, 6.45) is 1.28. The highest BCUT2D eigenvalue weighted by molar-refractivity contribution is 6.39. The second kappa shape index (κ2) is 11.4. The number of hydrazone groups is 1. The molecule has 3 rings (SSSR count). The summed E-state index contributed by atoms with van der Waals surface area (Å²) in [5.41, 5.74) is 2.94. The van der Waals surface area contributed by atoms with Crippen LogP contribution in [0.25, 0.3) is 0 Å². The van der Waals surface area contributed by atoms with Crippen LogP contribution in [0.4, 0.5) is 15.8 Å². The third-order valence-corrected chi connectivity index (χ3v) is 4.41. The van der Waals surface area contributed by atoms with Gasteiger partial charge in [-0.1, -0.05) is 48.0 Å². The standard InChI is InChI=1S/C23H18ClFN4O4/c24-17-8-1-3-10-19(17)27-21(30)14-33-16-7-5-6-15(12-16)13-26-29-23(32)22(31)28-20-11-4-2-9-18(20)25/h1-13H,14H2,(H,27,30)(H,28,31)(H,29,32)/b26-13-. The molecule has 0 aliphatic rings. The first-order chi connectivity index (χ1) is 15.9. The Morgan fingerprint density at radius 3 is 2.39 bits per heavy atom. The molecule has 0 radical (unpaired) electrons. The fourth-order valence-corrected chi connectivity index (χ4v) is 2.72. The molecule has 0 aliphatic carbocycles. The van der Waals surface area contributed by atoms with Gasteiger partial charge in [0.1, 0.15) is 11.6 Å². The molecule has 3 amide bonds. The van der Waals surface area contributed by atoms with E-state index in [-0.39, 0.29) is 12.3 Å². The summed E-state index contributed by atoms with van der Waals surface area (Å²) in [5.74, 6) is -2.82. The Bertz CT molecular complexity index is 1200. The van der Waals surface area contributed by atoms with E-state index in [4.69, 9.17) is 16.3 Å². The van der Waals surface area contributed by atoms with Crippen molar-refractivity contribution >= 4 is 46.9 Å². The molecule has 0 fully saturated rings. The van der Waals surface area contributed by atoms with Gasteiger partial charge in [0.15, 0.2) is 6.61 Å². The zero-order chi connectivity index (χ0) is 23.6. The van der Waals surface area contributed by atoms with Crippen LogP contribution in [-0.2, 0) is 14.4 Å². The van der Waals surface area contributed by atoms with Gasteiger partial charge in [-0.3, -0.25) is 14.4 Å². The number of hydrogen-bond acceptors (Lipinski definition) is 5. The number of carbonyl (C=O) groups excluding carboxylic acids is 3. The minimum absolute atomic E-state index is 0.120. The maximum Gasteiger partial charge on any atom is 0.329 e. The van der Waals surface area contributed by atoms with E-state index >= 15 is 0 Å². The number of hydrogen-bond donors (Lipinski definition) is 3. The highest BCUT2D eigenvalue weighted by Crippen LogP contribution is 2.20. The molecule has 8 nitrogen and oxygen atoms in total. The van der Waals surface area contributed by atoms with Crippen molar-refractivity contribution in [1.29, 1.82) is 0 Å². The van der Waals surface area contributed by atoms with E-state index in [1.807, 2.05) is 0 Å². The van der Waals surface area contributed by atoms with Crippen LogP contribution < -0.4 is 20.8 Å². The predicted octanol–water partition coefficient (Wildman–Crippen LogP) is 3.59. The Morgan fingerprint density at radius 1 is 0.909 bits per heavy atom. The lowest BCUT2D eigenvalue weighted by atomic mass is 10.2. The third-order valence-electron chi connectivity index (χ3n) is 4.08. The fraction of sp³-hybridized carbons (Fsp3) is 0.0435. The summed E-state index contributed by atoms with van der Waals surface area (Å²) >= 11 is 6.00. The molecule has 0 aliphatic heterocycles. The van der Waals surface area contributed by atoms with E-state index in [0.717, 1.165) is 6.07 Å². The van der Waals surface area contributed by atoms with Crippen LogP contribution >= 0.6 is 11.6 Å². The number of carbonyl (C=O) groups is 3. The second-order valence-corrected chi connectivity index (χ2v) is 6.93. The number of amides is 3.